The van der Waals surface area contributed by atoms with Gasteiger partial charge in [-0.1, -0.05) is 23.4 Å². The predicted molar refractivity (Wildman–Crippen MR) is 86.3 cm³/mol. The summed E-state index contributed by atoms with van der Waals surface area (Å²) in [7, 11) is 0. The number of hydrogen-bond donors (Lipinski definition) is 0. The van der Waals surface area contributed by atoms with Gasteiger partial charge in [0.2, 0.25) is 6.79 Å². The first-order valence-electron chi connectivity index (χ1n) is 7.28. The third-order valence-electron chi connectivity index (χ3n) is 3.73. The number of rotatable bonds is 3. The zero-order valence-corrected chi connectivity index (χ0v) is 12.7. The van der Waals surface area contributed by atoms with Crippen LogP contribution < -0.4 is 9.47 Å². The quantitative estimate of drug-likeness (QED) is 0.369. The average Bonchev–Trinajstić information content (AvgIpc) is 3.22. The number of benzene rings is 2. The van der Waals surface area contributed by atoms with Gasteiger partial charge in [0.15, 0.2) is 11.5 Å². The molecule has 0 radical (unpaired) electrons. The van der Waals surface area contributed by atoms with Gasteiger partial charge >= 0.3 is 5.97 Å². The van der Waals surface area contributed by atoms with E-state index in [0.29, 0.717) is 22.6 Å². The number of fused-ring (bicyclic) bond motifs is 1. The van der Waals surface area contributed by atoms with E-state index in [4.69, 9.17) is 14.3 Å². The Morgan fingerprint density at radius 1 is 1.12 bits per heavy atom. The SMILES string of the molecule is O=C1ON=C(c2cccc([N+](=O)[O-])c2)C1=Cc1ccc2c(c1)OCO2. The fourth-order valence-electron chi connectivity index (χ4n) is 2.55. The Morgan fingerprint density at radius 3 is 2.80 bits per heavy atom. The molecule has 4 rings (SSSR count). The predicted octanol–water partition coefficient (Wildman–Crippen LogP) is 2.67. The molecule has 0 aliphatic carbocycles. The van der Waals surface area contributed by atoms with E-state index in [0.717, 1.165) is 0 Å². The standard InChI is InChI=1S/C17H10N2O6/c20-17-13(6-10-4-5-14-15(7-10)24-9-23-14)16(18-25-17)11-2-1-3-12(8-11)19(21)22/h1-8H,9H2. The van der Waals surface area contributed by atoms with Crippen LogP contribution >= 0.6 is 0 Å². The van der Waals surface area contributed by atoms with Gasteiger partial charge in [0, 0.05) is 17.7 Å². The zero-order chi connectivity index (χ0) is 17.4. The Kier molecular flexibility index (Phi) is 3.42. The summed E-state index contributed by atoms with van der Waals surface area (Å²) >= 11 is 0. The molecule has 124 valence electrons. The molecule has 0 fully saturated rings. The zero-order valence-electron chi connectivity index (χ0n) is 12.7. The lowest BCUT2D eigenvalue weighted by Gasteiger charge is -2.02. The molecule has 2 aromatic rings. The molecule has 2 aromatic carbocycles. The maximum absolute atomic E-state index is 12.0. The number of non-ortho nitro benzene ring substituents is 1. The molecule has 0 amide bonds. The van der Waals surface area contributed by atoms with Crippen molar-refractivity contribution in [3.8, 4) is 11.5 Å². The minimum atomic E-state index is -0.626. The molecule has 0 bridgehead atoms. The molecule has 0 saturated heterocycles. The highest BCUT2D eigenvalue weighted by atomic mass is 16.7. The van der Waals surface area contributed by atoms with E-state index in [1.807, 2.05) is 0 Å². The van der Waals surface area contributed by atoms with Crippen LogP contribution in [0.5, 0.6) is 11.5 Å². The third-order valence-corrected chi connectivity index (χ3v) is 3.73. The van der Waals surface area contributed by atoms with Gasteiger partial charge in [-0.3, -0.25) is 10.1 Å². The van der Waals surface area contributed by atoms with E-state index in [2.05, 4.69) is 5.16 Å². The van der Waals surface area contributed by atoms with E-state index in [1.165, 1.54) is 18.2 Å². The van der Waals surface area contributed by atoms with Crippen LogP contribution in [0.2, 0.25) is 0 Å². The summed E-state index contributed by atoms with van der Waals surface area (Å²) in [5, 5.41) is 14.7. The number of nitro groups is 1. The Bertz CT molecular complexity index is 963. The van der Waals surface area contributed by atoms with Gasteiger partial charge in [0.1, 0.15) is 5.71 Å². The first-order valence-corrected chi connectivity index (χ1v) is 7.28. The minimum absolute atomic E-state index is 0.0954. The third kappa shape index (κ3) is 2.69. The monoisotopic (exact) mass is 338 g/mol. The van der Waals surface area contributed by atoms with Crippen molar-refractivity contribution < 1.29 is 24.0 Å². The minimum Gasteiger partial charge on any atom is -0.454 e. The average molecular weight is 338 g/mol. The molecule has 0 atom stereocenters. The molecule has 2 heterocycles. The van der Waals surface area contributed by atoms with Gasteiger partial charge in [-0.2, -0.15) is 0 Å². The van der Waals surface area contributed by atoms with E-state index in [9.17, 15) is 14.9 Å². The topological polar surface area (TPSA) is 100 Å². The van der Waals surface area contributed by atoms with Gasteiger partial charge in [-0.15, -0.1) is 0 Å². The van der Waals surface area contributed by atoms with Gasteiger partial charge in [0.25, 0.3) is 5.69 Å². The van der Waals surface area contributed by atoms with Crippen LogP contribution in [0.25, 0.3) is 6.08 Å². The summed E-state index contributed by atoms with van der Waals surface area (Å²) in [4.78, 5) is 27.2. The van der Waals surface area contributed by atoms with Crippen LogP contribution in [-0.2, 0) is 9.63 Å². The summed E-state index contributed by atoms with van der Waals surface area (Å²) in [6.07, 6.45) is 1.59. The van der Waals surface area contributed by atoms with E-state index in [1.54, 1.807) is 30.3 Å². The number of oxime groups is 1. The Balaban J connectivity index is 1.73. The van der Waals surface area contributed by atoms with Crippen molar-refractivity contribution in [3.63, 3.8) is 0 Å². The summed E-state index contributed by atoms with van der Waals surface area (Å²) in [5.74, 6) is 0.581. The van der Waals surface area contributed by atoms with E-state index in [-0.39, 0.29) is 23.8 Å². The highest BCUT2D eigenvalue weighted by molar-refractivity contribution is 6.31. The Hall–Kier alpha value is -3.68. The Labute approximate surface area is 141 Å². The number of carbonyl (C=O) groups excluding carboxylic acids is 1. The molecule has 25 heavy (non-hydrogen) atoms. The van der Waals surface area contributed by atoms with Crippen molar-refractivity contribution in [1.82, 2.24) is 0 Å². The highest BCUT2D eigenvalue weighted by Gasteiger charge is 2.28. The fourth-order valence-corrected chi connectivity index (χ4v) is 2.55. The van der Waals surface area contributed by atoms with Crippen LogP contribution in [0.1, 0.15) is 11.1 Å². The lowest BCUT2D eigenvalue weighted by Crippen LogP contribution is -2.07. The molecule has 0 spiro atoms. The normalized spacial score (nSPS) is 16.7. The van der Waals surface area contributed by atoms with Crippen molar-refractivity contribution in [2.24, 2.45) is 5.16 Å². The molecule has 0 N–H and O–H groups in total. The summed E-state index contributed by atoms with van der Waals surface area (Å²) in [6, 6.07) is 11.1. The second kappa shape index (κ2) is 5.75. The summed E-state index contributed by atoms with van der Waals surface area (Å²) < 4.78 is 10.6. The molecule has 2 aliphatic heterocycles. The van der Waals surface area contributed by atoms with Crippen molar-refractivity contribution in [2.75, 3.05) is 6.79 Å². The van der Waals surface area contributed by atoms with Crippen LogP contribution in [0.3, 0.4) is 0 Å². The Morgan fingerprint density at radius 2 is 1.96 bits per heavy atom. The molecule has 8 heteroatoms. The van der Waals surface area contributed by atoms with Crippen LogP contribution in [0, 0.1) is 10.1 Å². The molecular formula is C17H10N2O6. The van der Waals surface area contributed by atoms with Gasteiger partial charge in [-0.25, -0.2) is 4.79 Å². The van der Waals surface area contributed by atoms with Crippen molar-refractivity contribution in [1.29, 1.82) is 0 Å². The maximum atomic E-state index is 12.0. The first kappa shape index (κ1) is 14.9. The first-order chi connectivity index (χ1) is 12.1. The fraction of sp³-hybridized carbons (Fsp3) is 0.0588. The van der Waals surface area contributed by atoms with Crippen LogP contribution in [0.15, 0.2) is 53.2 Å². The molecule has 0 unspecified atom stereocenters. The largest absolute Gasteiger partial charge is 0.454 e. The highest BCUT2D eigenvalue weighted by Crippen LogP contribution is 2.33. The van der Waals surface area contributed by atoms with Gasteiger partial charge < -0.3 is 14.3 Å². The van der Waals surface area contributed by atoms with Crippen molar-refractivity contribution in [3.05, 3.63) is 69.3 Å². The molecule has 8 nitrogen and oxygen atoms in total. The van der Waals surface area contributed by atoms with Crippen molar-refractivity contribution >= 4 is 23.4 Å². The number of nitrogens with zero attached hydrogens (tertiary/aromatic N) is 2. The van der Waals surface area contributed by atoms with E-state index < -0.39 is 10.9 Å². The van der Waals surface area contributed by atoms with E-state index >= 15 is 0 Å². The molecule has 0 aromatic heterocycles. The number of hydrogen-bond acceptors (Lipinski definition) is 7. The number of ether oxygens (including phenoxy) is 2. The van der Waals surface area contributed by atoms with Gasteiger partial charge in [0.05, 0.1) is 10.5 Å². The lowest BCUT2D eigenvalue weighted by atomic mass is 10.00. The molecule has 2 aliphatic rings. The smallest absolute Gasteiger partial charge is 0.368 e. The molecule has 0 saturated carbocycles. The summed E-state index contributed by atoms with van der Waals surface area (Å²) in [6.45, 7) is 0.151. The maximum Gasteiger partial charge on any atom is 0.368 e. The van der Waals surface area contributed by atoms with Crippen molar-refractivity contribution in [2.45, 2.75) is 0 Å². The van der Waals surface area contributed by atoms with Gasteiger partial charge in [-0.05, 0) is 23.8 Å². The van der Waals surface area contributed by atoms with Crippen LogP contribution in [0.4, 0.5) is 5.69 Å². The van der Waals surface area contributed by atoms with Crippen LogP contribution in [-0.4, -0.2) is 23.4 Å². The number of nitro benzene ring substituents is 1. The molecular weight excluding hydrogens is 328 g/mol. The summed E-state index contributed by atoms with van der Waals surface area (Å²) in [5.41, 5.74) is 1.47. The second-order valence-corrected chi connectivity index (χ2v) is 5.30. The second-order valence-electron chi connectivity index (χ2n) is 5.30. The lowest BCUT2D eigenvalue weighted by molar-refractivity contribution is -0.384. The number of carbonyl (C=O) groups is 1.